The van der Waals surface area contributed by atoms with Crippen LogP contribution in [0.2, 0.25) is 0 Å². The molecular formula is C21H25N3O3. The lowest BCUT2D eigenvalue weighted by Crippen LogP contribution is -2.48. The van der Waals surface area contributed by atoms with Crippen LogP contribution in [0.15, 0.2) is 30.5 Å². The third-order valence-electron chi connectivity index (χ3n) is 4.44. The molecule has 0 radical (unpaired) electrons. The number of pyridine rings is 1. The summed E-state index contributed by atoms with van der Waals surface area (Å²) in [5.41, 5.74) is 2.66. The molecule has 2 aromatic rings. The third-order valence-corrected chi connectivity index (χ3v) is 4.44. The van der Waals surface area contributed by atoms with E-state index in [-0.39, 0.29) is 11.8 Å². The molecule has 2 amide bonds. The van der Waals surface area contributed by atoms with Crippen molar-refractivity contribution in [3.63, 3.8) is 0 Å². The zero-order chi connectivity index (χ0) is 19.9. The molecule has 1 aliphatic heterocycles. The molecule has 0 bridgehead atoms. The van der Waals surface area contributed by atoms with Crippen molar-refractivity contribution in [2.24, 2.45) is 0 Å². The Balaban J connectivity index is 2.19. The van der Waals surface area contributed by atoms with Gasteiger partial charge in [-0.25, -0.2) is 4.98 Å². The van der Waals surface area contributed by atoms with E-state index in [0.29, 0.717) is 0 Å². The fraction of sp³-hybridized carbons (Fsp3) is 0.381. The standard InChI is InChI=1S/C21H25N3O3/c1-12-11-24(13(2)25)19(20(26)23-21(3,4)5)16-9-14-7-8-15(27-6)10-17(14)22-18(12)16/h7-11,19H,1-6H3,(H,23,26). The molecule has 2 heterocycles. The lowest BCUT2D eigenvalue weighted by molar-refractivity contribution is -0.137. The van der Waals surface area contributed by atoms with Crippen LogP contribution in [0.1, 0.15) is 51.9 Å². The van der Waals surface area contributed by atoms with Gasteiger partial charge in [0.05, 0.1) is 18.3 Å². The predicted molar refractivity (Wildman–Crippen MR) is 105 cm³/mol. The smallest absolute Gasteiger partial charge is 0.248 e. The molecule has 1 aromatic heterocycles. The Kier molecular flexibility index (Phi) is 4.68. The first kappa shape index (κ1) is 18.9. The lowest BCUT2D eigenvalue weighted by atomic mass is 9.93. The minimum atomic E-state index is -0.751. The highest BCUT2D eigenvalue weighted by atomic mass is 16.5. The maximum absolute atomic E-state index is 13.1. The second-order valence-electron chi connectivity index (χ2n) is 7.87. The summed E-state index contributed by atoms with van der Waals surface area (Å²) in [5, 5.41) is 3.88. The molecule has 3 rings (SSSR count). The van der Waals surface area contributed by atoms with E-state index >= 15 is 0 Å². The minimum Gasteiger partial charge on any atom is -0.497 e. The van der Waals surface area contributed by atoms with Gasteiger partial charge in [0, 0.05) is 35.7 Å². The number of fused-ring (bicyclic) bond motifs is 2. The second kappa shape index (κ2) is 6.68. The number of hydrogen-bond acceptors (Lipinski definition) is 4. The Bertz CT molecular complexity index is 957. The van der Waals surface area contributed by atoms with Gasteiger partial charge < -0.3 is 15.0 Å². The average molecular weight is 367 g/mol. The van der Waals surface area contributed by atoms with E-state index in [2.05, 4.69) is 5.32 Å². The van der Waals surface area contributed by atoms with E-state index in [1.165, 1.54) is 11.8 Å². The number of carbonyl (C=O) groups excluding carboxylic acids is 2. The SMILES string of the molecule is COc1ccc2cc3c(nc2c1)C(C)=CN(C(C)=O)C3C(=O)NC(C)(C)C. The number of methoxy groups -OCH3 is 1. The van der Waals surface area contributed by atoms with Gasteiger partial charge in [0.15, 0.2) is 0 Å². The Hall–Kier alpha value is -2.89. The number of carbonyl (C=O) groups is 2. The predicted octanol–water partition coefficient (Wildman–Crippen LogP) is 3.42. The first-order valence-electron chi connectivity index (χ1n) is 8.89. The Morgan fingerprint density at radius 2 is 1.93 bits per heavy atom. The monoisotopic (exact) mass is 367 g/mol. The molecule has 142 valence electrons. The molecule has 0 aliphatic carbocycles. The molecule has 1 unspecified atom stereocenters. The van der Waals surface area contributed by atoms with Crippen LogP contribution in [-0.4, -0.2) is 34.3 Å². The number of aromatic nitrogens is 1. The summed E-state index contributed by atoms with van der Waals surface area (Å²) >= 11 is 0. The molecule has 1 aliphatic rings. The van der Waals surface area contributed by atoms with Crippen molar-refractivity contribution < 1.29 is 14.3 Å². The normalized spacial score (nSPS) is 16.6. The topological polar surface area (TPSA) is 71.5 Å². The molecule has 0 saturated heterocycles. The van der Waals surface area contributed by atoms with E-state index in [9.17, 15) is 9.59 Å². The fourth-order valence-corrected chi connectivity index (χ4v) is 3.29. The number of benzene rings is 1. The summed E-state index contributed by atoms with van der Waals surface area (Å²) in [5.74, 6) is 0.307. The van der Waals surface area contributed by atoms with Gasteiger partial charge >= 0.3 is 0 Å². The Morgan fingerprint density at radius 3 is 2.52 bits per heavy atom. The Labute approximate surface area is 159 Å². The lowest BCUT2D eigenvalue weighted by Gasteiger charge is -2.35. The Morgan fingerprint density at radius 1 is 1.22 bits per heavy atom. The zero-order valence-electron chi connectivity index (χ0n) is 16.6. The first-order valence-corrected chi connectivity index (χ1v) is 8.89. The third kappa shape index (κ3) is 3.65. The molecule has 0 fully saturated rings. The second-order valence-corrected chi connectivity index (χ2v) is 7.87. The van der Waals surface area contributed by atoms with Gasteiger partial charge in [-0.2, -0.15) is 0 Å². The van der Waals surface area contributed by atoms with Crippen molar-refractivity contribution in [1.82, 2.24) is 15.2 Å². The van der Waals surface area contributed by atoms with E-state index in [0.717, 1.165) is 33.5 Å². The molecule has 27 heavy (non-hydrogen) atoms. The molecule has 1 aromatic carbocycles. The summed E-state index contributed by atoms with van der Waals surface area (Å²) < 4.78 is 5.28. The number of amides is 2. The number of nitrogens with zero attached hydrogens (tertiary/aromatic N) is 2. The highest BCUT2D eigenvalue weighted by Gasteiger charge is 2.36. The number of rotatable bonds is 2. The number of allylic oxidation sites excluding steroid dienone is 1. The van der Waals surface area contributed by atoms with Gasteiger partial charge in [0.25, 0.3) is 0 Å². The van der Waals surface area contributed by atoms with Crippen molar-refractivity contribution in [2.45, 2.75) is 46.2 Å². The molecule has 6 heteroatoms. The van der Waals surface area contributed by atoms with Gasteiger partial charge in [-0.05, 0) is 51.5 Å². The summed E-state index contributed by atoms with van der Waals surface area (Å²) in [6, 6.07) is 6.82. The molecule has 1 N–H and O–H groups in total. The van der Waals surface area contributed by atoms with Crippen LogP contribution in [0.3, 0.4) is 0 Å². The summed E-state index contributed by atoms with van der Waals surface area (Å²) in [6.07, 6.45) is 1.70. The van der Waals surface area contributed by atoms with Crippen molar-refractivity contribution in [3.8, 4) is 5.75 Å². The molecular weight excluding hydrogens is 342 g/mol. The number of nitrogens with one attached hydrogen (secondary N) is 1. The number of hydrogen-bond donors (Lipinski definition) is 1. The highest BCUT2D eigenvalue weighted by molar-refractivity contribution is 5.94. The fourth-order valence-electron chi connectivity index (χ4n) is 3.29. The van der Waals surface area contributed by atoms with Crippen LogP contribution in [0, 0.1) is 0 Å². The number of ether oxygens (including phenoxy) is 1. The molecule has 6 nitrogen and oxygen atoms in total. The first-order chi connectivity index (χ1) is 12.6. The van der Waals surface area contributed by atoms with Crippen LogP contribution < -0.4 is 10.1 Å². The largest absolute Gasteiger partial charge is 0.497 e. The van der Waals surface area contributed by atoms with E-state index in [4.69, 9.17) is 9.72 Å². The van der Waals surface area contributed by atoms with Crippen LogP contribution in [-0.2, 0) is 9.59 Å². The van der Waals surface area contributed by atoms with Gasteiger partial charge in [0.1, 0.15) is 11.8 Å². The van der Waals surface area contributed by atoms with Gasteiger partial charge in [-0.15, -0.1) is 0 Å². The zero-order valence-corrected chi connectivity index (χ0v) is 16.6. The van der Waals surface area contributed by atoms with Crippen molar-refractivity contribution >= 4 is 28.3 Å². The van der Waals surface area contributed by atoms with Crippen molar-refractivity contribution in [3.05, 3.63) is 41.7 Å². The summed E-state index contributed by atoms with van der Waals surface area (Å²) in [7, 11) is 1.61. The van der Waals surface area contributed by atoms with E-state index in [1.807, 2.05) is 52.0 Å². The van der Waals surface area contributed by atoms with Crippen LogP contribution in [0.4, 0.5) is 0 Å². The van der Waals surface area contributed by atoms with Crippen LogP contribution >= 0.6 is 0 Å². The average Bonchev–Trinajstić information content (AvgIpc) is 2.58. The van der Waals surface area contributed by atoms with E-state index < -0.39 is 11.6 Å². The van der Waals surface area contributed by atoms with Gasteiger partial charge in [0.2, 0.25) is 11.8 Å². The van der Waals surface area contributed by atoms with Crippen molar-refractivity contribution in [1.29, 1.82) is 0 Å². The highest BCUT2D eigenvalue weighted by Crippen LogP contribution is 2.36. The molecule has 1 atom stereocenters. The quantitative estimate of drug-likeness (QED) is 0.883. The van der Waals surface area contributed by atoms with Crippen LogP contribution in [0.5, 0.6) is 5.75 Å². The maximum Gasteiger partial charge on any atom is 0.248 e. The molecule has 0 saturated carbocycles. The minimum absolute atomic E-state index is 0.191. The van der Waals surface area contributed by atoms with Crippen molar-refractivity contribution in [2.75, 3.05) is 7.11 Å². The maximum atomic E-state index is 13.1. The molecule has 0 spiro atoms. The van der Waals surface area contributed by atoms with E-state index in [1.54, 1.807) is 13.3 Å². The van der Waals surface area contributed by atoms with Gasteiger partial charge in [-0.3, -0.25) is 9.59 Å². The van der Waals surface area contributed by atoms with Crippen LogP contribution in [0.25, 0.3) is 16.5 Å². The summed E-state index contributed by atoms with van der Waals surface area (Å²) in [4.78, 5) is 31.5. The summed E-state index contributed by atoms with van der Waals surface area (Å²) in [6.45, 7) is 9.10. The van der Waals surface area contributed by atoms with Gasteiger partial charge in [-0.1, -0.05) is 0 Å².